The molecule has 5 fully saturated rings. The normalized spacial score (nSPS) is 36.0. The third-order valence-electron chi connectivity index (χ3n) is 8.30. The molecule has 1 N–H and O–H groups in total. The molecule has 1 saturated carbocycles. The number of rotatable bonds is 6. The lowest BCUT2D eigenvalue weighted by Crippen LogP contribution is -2.61. The molecule has 10 heteroatoms. The minimum absolute atomic E-state index is 0.0272. The Kier molecular flexibility index (Phi) is 5.13. The quantitative estimate of drug-likeness (QED) is 0.689. The van der Waals surface area contributed by atoms with Crippen LogP contribution in [0.15, 0.2) is 10.6 Å². The fourth-order valence-electron chi connectivity index (χ4n) is 6.63. The van der Waals surface area contributed by atoms with Gasteiger partial charge in [-0.25, -0.2) is 0 Å². The lowest BCUT2D eigenvalue weighted by molar-refractivity contribution is 0.0886. The van der Waals surface area contributed by atoms with Gasteiger partial charge in [-0.3, -0.25) is 9.69 Å². The van der Waals surface area contributed by atoms with Crippen LogP contribution in [0.5, 0.6) is 0 Å². The predicted molar refractivity (Wildman–Crippen MR) is 117 cm³/mol. The highest BCUT2D eigenvalue weighted by Crippen LogP contribution is 2.41. The Hall–Kier alpha value is -1.49. The second kappa shape index (κ2) is 7.78. The Labute approximate surface area is 189 Å². The molecule has 1 amide bonds. The van der Waals surface area contributed by atoms with Crippen molar-refractivity contribution in [2.24, 2.45) is 0 Å². The zero-order valence-electron chi connectivity index (χ0n) is 18.6. The van der Waals surface area contributed by atoms with Crippen molar-refractivity contribution in [2.75, 3.05) is 19.6 Å². The third-order valence-corrected chi connectivity index (χ3v) is 10.4. The number of amides is 1. The smallest absolute Gasteiger partial charge is 0.282 e. The van der Waals surface area contributed by atoms with Crippen LogP contribution in [-0.4, -0.2) is 82.8 Å². The summed E-state index contributed by atoms with van der Waals surface area (Å²) in [5, 5.41) is 7.04. The summed E-state index contributed by atoms with van der Waals surface area (Å²) < 4.78 is 36.2. The van der Waals surface area contributed by atoms with Gasteiger partial charge in [0, 0.05) is 55.3 Å². The van der Waals surface area contributed by atoms with Crippen molar-refractivity contribution in [1.82, 2.24) is 24.0 Å². The molecule has 4 aliphatic heterocycles. The van der Waals surface area contributed by atoms with Crippen LogP contribution < -0.4 is 5.32 Å². The molecule has 32 heavy (non-hydrogen) atoms. The third kappa shape index (κ3) is 3.50. The first-order valence-corrected chi connectivity index (χ1v) is 13.7. The fraction of sp³-hybridized carbons (Fsp3) is 0.818. The van der Waals surface area contributed by atoms with Gasteiger partial charge in [0.2, 0.25) is 0 Å². The van der Waals surface area contributed by atoms with Crippen molar-refractivity contribution < 1.29 is 17.7 Å². The van der Waals surface area contributed by atoms with Crippen LogP contribution in [0.1, 0.15) is 80.5 Å². The topological polar surface area (TPSA) is 99.0 Å². The molecule has 176 valence electrons. The maximum atomic E-state index is 13.7. The molecule has 6 rings (SSSR count). The molecule has 5 atom stereocenters. The van der Waals surface area contributed by atoms with Crippen LogP contribution in [-0.2, 0) is 10.2 Å². The van der Waals surface area contributed by atoms with E-state index < -0.39 is 10.2 Å². The van der Waals surface area contributed by atoms with Crippen LogP contribution in [0.25, 0.3) is 0 Å². The molecular weight excluding hydrogens is 430 g/mol. The number of nitrogens with zero attached hydrogens (tertiary/aromatic N) is 4. The van der Waals surface area contributed by atoms with E-state index in [1.165, 1.54) is 0 Å². The highest BCUT2D eigenvalue weighted by molar-refractivity contribution is 7.86. The Morgan fingerprint density at radius 1 is 1.06 bits per heavy atom. The average Bonchev–Trinajstić information content (AvgIpc) is 3.35. The van der Waals surface area contributed by atoms with Gasteiger partial charge in [-0.15, -0.1) is 0 Å². The van der Waals surface area contributed by atoms with Crippen LogP contribution in [0.3, 0.4) is 0 Å². The predicted octanol–water partition coefficient (Wildman–Crippen LogP) is 1.69. The molecule has 5 heterocycles. The van der Waals surface area contributed by atoms with E-state index in [1.807, 2.05) is 0 Å². The van der Waals surface area contributed by atoms with Crippen LogP contribution in [0.4, 0.5) is 0 Å². The maximum Gasteiger partial charge on any atom is 0.282 e. The maximum absolute atomic E-state index is 13.7. The monoisotopic (exact) mass is 463 g/mol. The lowest BCUT2D eigenvalue weighted by atomic mass is 9.99. The minimum atomic E-state index is -3.48. The highest BCUT2D eigenvalue weighted by Gasteiger charge is 2.51. The largest absolute Gasteiger partial charge is 0.360 e. The summed E-state index contributed by atoms with van der Waals surface area (Å²) in [5.74, 6) is 1.00. The first-order chi connectivity index (χ1) is 15.4. The summed E-state index contributed by atoms with van der Waals surface area (Å²) in [4.78, 5) is 15.2. The molecular formula is C22H33N5O4S. The van der Waals surface area contributed by atoms with Gasteiger partial charge in [-0.2, -0.15) is 17.0 Å². The summed E-state index contributed by atoms with van der Waals surface area (Å²) in [6, 6.07) is 2.36. The molecule has 1 aliphatic carbocycles. The number of likely N-dealkylation sites (N-methyl/N-ethyl adjacent to an activating group) is 1. The summed E-state index contributed by atoms with van der Waals surface area (Å²) in [7, 11) is -3.48. The second-order valence-electron chi connectivity index (χ2n) is 10.3. The highest BCUT2D eigenvalue weighted by atomic mass is 32.2. The van der Waals surface area contributed by atoms with Crippen molar-refractivity contribution in [2.45, 2.75) is 94.4 Å². The molecule has 1 aromatic heterocycles. The van der Waals surface area contributed by atoms with Crippen molar-refractivity contribution in [3.8, 4) is 0 Å². The van der Waals surface area contributed by atoms with Crippen LogP contribution >= 0.6 is 0 Å². The van der Waals surface area contributed by atoms with Crippen LogP contribution in [0.2, 0.25) is 0 Å². The van der Waals surface area contributed by atoms with Gasteiger partial charge in [-0.05, 0) is 57.9 Å². The lowest BCUT2D eigenvalue weighted by Gasteiger charge is -2.44. The summed E-state index contributed by atoms with van der Waals surface area (Å²) in [6.45, 7) is 4.38. The molecule has 4 saturated heterocycles. The van der Waals surface area contributed by atoms with E-state index >= 15 is 0 Å². The van der Waals surface area contributed by atoms with Crippen molar-refractivity contribution >= 4 is 16.1 Å². The van der Waals surface area contributed by atoms with Crippen molar-refractivity contribution in [3.05, 3.63) is 17.5 Å². The van der Waals surface area contributed by atoms with Gasteiger partial charge in [0.1, 0.15) is 5.76 Å². The molecule has 0 aromatic carbocycles. The first-order valence-electron chi connectivity index (χ1n) is 12.3. The Balaban J connectivity index is 1.12. The number of carbonyl (C=O) groups excluding carboxylic acids is 1. The standard InChI is InChI=1S/C22H33N5O4S/c1-2-26-18-7-8-19(26)13-25(12-18)32(29,30)27-16-5-6-17(27)10-15(9-16)23-22(28)20-11-21(31-24-20)14-3-4-14/h11,14-19H,2-10,12-13H2,1H3,(H,23,28)/t15-,16+,17-,18?,19?. The summed E-state index contributed by atoms with van der Waals surface area (Å²) in [6.07, 6.45) is 7.45. The molecule has 5 aliphatic rings. The van der Waals surface area contributed by atoms with E-state index in [0.717, 1.165) is 50.8 Å². The van der Waals surface area contributed by atoms with E-state index in [4.69, 9.17) is 4.52 Å². The number of hydrogen-bond acceptors (Lipinski definition) is 6. The second-order valence-corrected chi connectivity index (χ2v) is 12.1. The number of piperazine rings is 1. The number of carbonyl (C=O) groups is 1. The summed E-state index contributed by atoms with van der Waals surface area (Å²) >= 11 is 0. The number of piperidine rings is 1. The van der Waals surface area contributed by atoms with E-state index in [0.29, 0.717) is 49.6 Å². The van der Waals surface area contributed by atoms with Gasteiger partial charge < -0.3 is 9.84 Å². The van der Waals surface area contributed by atoms with Crippen molar-refractivity contribution in [3.63, 3.8) is 0 Å². The summed E-state index contributed by atoms with van der Waals surface area (Å²) in [5.41, 5.74) is 0.332. The van der Waals surface area contributed by atoms with Gasteiger partial charge in [0.05, 0.1) is 0 Å². The van der Waals surface area contributed by atoms with E-state index in [2.05, 4.69) is 22.3 Å². The van der Waals surface area contributed by atoms with E-state index in [-0.39, 0.29) is 24.0 Å². The van der Waals surface area contributed by atoms with Gasteiger partial charge >= 0.3 is 0 Å². The fourth-order valence-corrected chi connectivity index (χ4v) is 8.76. The van der Waals surface area contributed by atoms with E-state index in [9.17, 15) is 13.2 Å². The van der Waals surface area contributed by atoms with Crippen molar-refractivity contribution in [1.29, 1.82) is 0 Å². The van der Waals surface area contributed by atoms with Gasteiger partial charge in [0.25, 0.3) is 16.1 Å². The number of aromatic nitrogens is 1. The molecule has 9 nitrogen and oxygen atoms in total. The Bertz CT molecular complexity index is 964. The van der Waals surface area contributed by atoms with Gasteiger partial charge in [0.15, 0.2) is 5.69 Å². The number of fused-ring (bicyclic) bond motifs is 4. The zero-order chi connectivity index (χ0) is 22.0. The molecule has 0 radical (unpaired) electrons. The number of nitrogens with one attached hydrogen (secondary N) is 1. The SMILES string of the molecule is CCN1C2CCC1CN(S(=O)(=O)N1[C@@H]3CC[C@H]1C[C@@H](NC(=O)c1cc(C4CC4)on1)C3)C2. The Morgan fingerprint density at radius 3 is 2.28 bits per heavy atom. The van der Waals surface area contributed by atoms with E-state index in [1.54, 1.807) is 14.7 Å². The minimum Gasteiger partial charge on any atom is -0.360 e. The molecule has 0 spiro atoms. The molecule has 2 unspecified atom stereocenters. The number of hydrogen-bond donors (Lipinski definition) is 1. The van der Waals surface area contributed by atoms with Crippen LogP contribution in [0, 0.1) is 0 Å². The van der Waals surface area contributed by atoms with Gasteiger partial charge in [-0.1, -0.05) is 12.1 Å². The molecule has 1 aromatic rings. The first kappa shape index (κ1) is 21.1. The average molecular weight is 464 g/mol. The Morgan fingerprint density at radius 2 is 1.69 bits per heavy atom. The molecule has 4 bridgehead atoms. The zero-order valence-corrected chi connectivity index (χ0v) is 19.5.